The fourth-order valence-electron chi connectivity index (χ4n) is 3.67. The summed E-state index contributed by atoms with van der Waals surface area (Å²) in [6.07, 6.45) is 4.94. The molecule has 3 aliphatic heterocycles. The predicted octanol–water partition coefficient (Wildman–Crippen LogP) is -0.448. The summed E-state index contributed by atoms with van der Waals surface area (Å²) < 4.78 is 0. The monoisotopic (exact) mass is 344 g/mol. The van der Waals surface area contributed by atoms with Crippen molar-refractivity contribution in [2.45, 2.75) is 18.9 Å². The molecule has 4 rings (SSSR count). The molecule has 0 aromatic carbocycles. The van der Waals surface area contributed by atoms with Crippen LogP contribution in [-0.2, 0) is 9.59 Å². The van der Waals surface area contributed by atoms with Crippen molar-refractivity contribution in [3.05, 3.63) is 18.5 Å². The number of carbonyl (C=O) groups is 3. The minimum atomic E-state index is -0.354. The number of aromatic nitrogens is 2. The number of fused-ring (bicyclic) bond motifs is 1. The summed E-state index contributed by atoms with van der Waals surface area (Å²) >= 11 is 0. The molecule has 1 aromatic rings. The van der Waals surface area contributed by atoms with Gasteiger partial charge in [0.15, 0.2) is 0 Å². The second-order valence-corrected chi connectivity index (χ2v) is 6.48. The molecule has 9 nitrogen and oxygen atoms in total. The van der Waals surface area contributed by atoms with Gasteiger partial charge in [0.25, 0.3) is 5.91 Å². The number of piperazine rings is 1. The van der Waals surface area contributed by atoms with Crippen LogP contribution in [0, 0.1) is 0 Å². The summed E-state index contributed by atoms with van der Waals surface area (Å²) in [5, 5.41) is 0. The van der Waals surface area contributed by atoms with Gasteiger partial charge in [0.1, 0.15) is 12.6 Å². The lowest BCUT2D eigenvalue weighted by atomic mass is 10.2. The quantitative estimate of drug-likeness (QED) is 0.690. The molecule has 4 amide bonds. The minimum absolute atomic E-state index is 0.160. The lowest BCUT2D eigenvalue weighted by Crippen LogP contribution is -2.52. The molecule has 0 spiro atoms. The zero-order valence-electron chi connectivity index (χ0n) is 13.9. The third kappa shape index (κ3) is 2.79. The Hall–Kier alpha value is -2.71. The first-order valence-corrected chi connectivity index (χ1v) is 8.57. The molecular formula is C16H20N6O3. The predicted molar refractivity (Wildman–Crippen MR) is 87.7 cm³/mol. The maximum absolute atomic E-state index is 12.5. The molecule has 1 atom stereocenters. The molecule has 132 valence electrons. The average molecular weight is 344 g/mol. The van der Waals surface area contributed by atoms with Crippen LogP contribution in [0.5, 0.6) is 0 Å². The van der Waals surface area contributed by atoms with E-state index in [9.17, 15) is 14.4 Å². The van der Waals surface area contributed by atoms with Gasteiger partial charge in [-0.15, -0.1) is 0 Å². The summed E-state index contributed by atoms with van der Waals surface area (Å²) in [4.78, 5) is 52.0. The van der Waals surface area contributed by atoms with Crippen molar-refractivity contribution in [3.8, 4) is 0 Å². The Kier molecular flexibility index (Phi) is 3.98. The molecule has 25 heavy (non-hydrogen) atoms. The van der Waals surface area contributed by atoms with Gasteiger partial charge in [0.2, 0.25) is 11.9 Å². The zero-order chi connectivity index (χ0) is 17.4. The number of anilines is 1. The summed E-state index contributed by atoms with van der Waals surface area (Å²) in [7, 11) is 0. The Bertz CT molecular complexity index is 666. The van der Waals surface area contributed by atoms with Crippen LogP contribution in [0.15, 0.2) is 18.5 Å². The molecule has 0 aliphatic carbocycles. The number of amides is 4. The van der Waals surface area contributed by atoms with Crippen LogP contribution in [-0.4, -0.2) is 87.8 Å². The van der Waals surface area contributed by atoms with Crippen LogP contribution in [0.3, 0.4) is 0 Å². The van der Waals surface area contributed by atoms with Crippen LogP contribution < -0.4 is 4.90 Å². The van der Waals surface area contributed by atoms with E-state index in [0.29, 0.717) is 45.1 Å². The lowest BCUT2D eigenvalue weighted by Gasteiger charge is -2.35. The van der Waals surface area contributed by atoms with Crippen molar-refractivity contribution >= 4 is 23.8 Å². The van der Waals surface area contributed by atoms with Gasteiger partial charge < -0.3 is 14.7 Å². The van der Waals surface area contributed by atoms with E-state index in [1.54, 1.807) is 28.3 Å². The van der Waals surface area contributed by atoms with E-state index in [4.69, 9.17) is 0 Å². The molecule has 3 saturated heterocycles. The Morgan fingerprint density at radius 1 is 1.08 bits per heavy atom. The molecule has 3 fully saturated rings. The fraction of sp³-hybridized carbons (Fsp3) is 0.562. The van der Waals surface area contributed by atoms with E-state index in [2.05, 4.69) is 9.97 Å². The van der Waals surface area contributed by atoms with E-state index >= 15 is 0 Å². The molecule has 0 radical (unpaired) electrons. The largest absolute Gasteiger partial charge is 0.338 e. The third-order valence-electron chi connectivity index (χ3n) is 5.04. The number of nitrogens with zero attached hydrogens (tertiary/aromatic N) is 6. The summed E-state index contributed by atoms with van der Waals surface area (Å²) in [6, 6.07) is 1.09. The van der Waals surface area contributed by atoms with Gasteiger partial charge in [-0.1, -0.05) is 0 Å². The number of hydrogen-bond donors (Lipinski definition) is 0. The second-order valence-electron chi connectivity index (χ2n) is 6.48. The number of imide groups is 1. The van der Waals surface area contributed by atoms with Crippen LogP contribution in [0.1, 0.15) is 12.8 Å². The highest BCUT2D eigenvalue weighted by atomic mass is 16.2. The van der Waals surface area contributed by atoms with Gasteiger partial charge in [-0.05, 0) is 18.9 Å². The molecule has 0 bridgehead atoms. The van der Waals surface area contributed by atoms with E-state index in [1.807, 2.05) is 4.90 Å². The van der Waals surface area contributed by atoms with Crippen LogP contribution in [0.25, 0.3) is 0 Å². The zero-order valence-corrected chi connectivity index (χ0v) is 13.9. The number of carbonyl (C=O) groups excluding carboxylic acids is 3. The van der Waals surface area contributed by atoms with Crippen molar-refractivity contribution in [2.24, 2.45) is 0 Å². The van der Waals surface area contributed by atoms with E-state index in [-0.39, 0.29) is 30.4 Å². The van der Waals surface area contributed by atoms with Crippen molar-refractivity contribution in [1.82, 2.24) is 24.7 Å². The molecule has 3 aliphatic rings. The Balaban J connectivity index is 1.34. The second kappa shape index (κ2) is 6.30. The van der Waals surface area contributed by atoms with Crippen molar-refractivity contribution in [3.63, 3.8) is 0 Å². The third-order valence-corrected chi connectivity index (χ3v) is 5.04. The van der Waals surface area contributed by atoms with Gasteiger partial charge in [-0.2, -0.15) is 0 Å². The highest BCUT2D eigenvalue weighted by molar-refractivity contribution is 6.06. The smallest absolute Gasteiger partial charge is 0.327 e. The Labute approximate surface area is 145 Å². The maximum atomic E-state index is 12.5. The van der Waals surface area contributed by atoms with Crippen LogP contribution in [0.4, 0.5) is 10.7 Å². The first kappa shape index (κ1) is 15.8. The normalized spacial score (nSPS) is 23.4. The molecule has 9 heteroatoms. The van der Waals surface area contributed by atoms with Gasteiger partial charge in [-0.25, -0.2) is 14.8 Å². The SMILES string of the molecule is O=C(CN1C(=O)C2CCCN2C1=O)N1CCN(c2ncccn2)CC1. The molecule has 0 N–H and O–H groups in total. The number of urea groups is 1. The van der Waals surface area contributed by atoms with Crippen LogP contribution in [0.2, 0.25) is 0 Å². The molecular weight excluding hydrogens is 324 g/mol. The Morgan fingerprint density at radius 2 is 1.80 bits per heavy atom. The van der Waals surface area contributed by atoms with E-state index in [1.165, 1.54) is 0 Å². The fourth-order valence-corrected chi connectivity index (χ4v) is 3.67. The molecule has 4 heterocycles. The lowest BCUT2D eigenvalue weighted by molar-refractivity contribution is -0.137. The molecule has 1 unspecified atom stereocenters. The minimum Gasteiger partial charge on any atom is -0.338 e. The first-order valence-electron chi connectivity index (χ1n) is 8.57. The van der Waals surface area contributed by atoms with Crippen LogP contribution >= 0.6 is 0 Å². The highest BCUT2D eigenvalue weighted by Crippen LogP contribution is 2.27. The van der Waals surface area contributed by atoms with Gasteiger partial charge in [0, 0.05) is 45.1 Å². The molecule has 0 saturated carbocycles. The van der Waals surface area contributed by atoms with E-state index in [0.717, 1.165) is 11.3 Å². The van der Waals surface area contributed by atoms with Gasteiger partial charge in [0.05, 0.1) is 0 Å². The highest BCUT2D eigenvalue weighted by Gasteiger charge is 2.48. The van der Waals surface area contributed by atoms with Crippen molar-refractivity contribution in [2.75, 3.05) is 44.2 Å². The van der Waals surface area contributed by atoms with Gasteiger partial charge >= 0.3 is 6.03 Å². The number of rotatable bonds is 3. The molecule has 1 aromatic heterocycles. The van der Waals surface area contributed by atoms with E-state index < -0.39 is 0 Å². The average Bonchev–Trinajstić information content (AvgIpc) is 3.22. The Morgan fingerprint density at radius 3 is 2.48 bits per heavy atom. The number of hydrogen-bond acceptors (Lipinski definition) is 6. The maximum Gasteiger partial charge on any atom is 0.327 e. The topological polar surface area (TPSA) is 90.0 Å². The summed E-state index contributed by atoms with van der Waals surface area (Å²) in [5.74, 6) is 0.240. The van der Waals surface area contributed by atoms with Gasteiger partial charge in [-0.3, -0.25) is 14.5 Å². The summed E-state index contributed by atoms with van der Waals surface area (Å²) in [6.45, 7) is 2.77. The first-order chi connectivity index (χ1) is 12.1. The summed E-state index contributed by atoms with van der Waals surface area (Å²) in [5.41, 5.74) is 0. The standard InChI is InChI=1S/C16H20N6O3/c23-13(11-22-14(24)12-3-1-6-21(12)16(22)25)19-7-9-20(10-8-19)15-17-4-2-5-18-15/h2,4-5,12H,1,3,6-11H2. The van der Waals surface area contributed by atoms with Crippen molar-refractivity contribution < 1.29 is 14.4 Å². The van der Waals surface area contributed by atoms with Crippen molar-refractivity contribution in [1.29, 1.82) is 0 Å².